The maximum Gasteiger partial charge on any atom is 0.272 e. The Kier molecular flexibility index (Phi) is 4.49. The van der Waals surface area contributed by atoms with Crippen LogP contribution in [0.4, 0.5) is 0 Å². The molecular formula is C12H14BrN3O3. The van der Waals surface area contributed by atoms with Gasteiger partial charge in [-0.1, -0.05) is 0 Å². The first-order valence-electron chi connectivity index (χ1n) is 5.91. The van der Waals surface area contributed by atoms with Crippen LogP contribution in [0.15, 0.2) is 22.8 Å². The fourth-order valence-corrected chi connectivity index (χ4v) is 2.16. The Labute approximate surface area is 119 Å². The molecule has 0 saturated carbocycles. The van der Waals surface area contributed by atoms with Crippen LogP contribution in [-0.4, -0.2) is 64.5 Å². The molecule has 2 heterocycles. The number of aliphatic hydroxyl groups is 1. The van der Waals surface area contributed by atoms with E-state index in [1.54, 1.807) is 28.1 Å². The van der Waals surface area contributed by atoms with Gasteiger partial charge in [0.05, 0.1) is 0 Å². The molecule has 1 aromatic heterocycles. The van der Waals surface area contributed by atoms with Crippen molar-refractivity contribution in [3.05, 3.63) is 28.5 Å². The van der Waals surface area contributed by atoms with Crippen molar-refractivity contribution in [2.75, 3.05) is 32.8 Å². The Morgan fingerprint density at radius 1 is 1.21 bits per heavy atom. The maximum atomic E-state index is 12.2. The quantitative estimate of drug-likeness (QED) is 0.837. The standard InChI is InChI=1S/C12H14BrN3O3/c13-9-1-2-10(14-7-9)12(19)16-5-3-15(4-6-16)11(18)8-17/h1-2,7,17H,3-6,8H2. The van der Waals surface area contributed by atoms with Crippen LogP contribution in [0.1, 0.15) is 10.5 Å². The molecule has 0 unspecified atom stereocenters. The number of pyridine rings is 1. The second kappa shape index (κ2) is 6.12. The average Bonchev–Trinajstić information content (AvgIpc) is 2.46. The van der Waals surface area contributed by atoms with Gasteiger partial charge < -0.3 is 14.9 Å². The number of halogens is 1. The second-order valence-corrected chi connectivity index (χ2v) is 5.11. The molecule has 0 spiro atoms. The molecule has 6 nitrogen and oxygen atoms in total. The third-order valence-corrected chi connectivity index (χ3v) is 3.47. The van der Waals surface area contributed by atoms with E-state index in [2.05, 4.69) is 20.9 Å². The Morgan fingerprint density at radius 3 is 2.37 bits per heavy atom. The molecule has 1 aliphatic rings. The van der Waals surface area contributed by atoms with Gasteiger partial charge in [-0.2, -0.15) is 0 Å². The van der Waals surface area contributed by atoms with E-state index in [-0.39, 0.29) is 11.8 Å². The fraction of sp³-hybridized carbons (Fsp3) is 0.417. The summed E-state index contributed by atoms with van der Waals surface area (Å²) in [6.45, 7) is 1.33. The van der Waals surface area contributed by atoms with Crippen molar-refractivity contribution >= 4 is 27.7 Å². The maximum absolute atomic E-state index is 12.2. The molecule has 0 atom stereocenters. The highest BCUT2D eigenvalue weighted by molar-refractivity contribution is 9.10. The zero-order valence-corrected chi connectivity index (χ0v) is 11.8. The fourth-order valence-electron chi connectivity index (χ4n) is 1.92. The smallest absolute Gasteiger partial charge is 0.272 e. The minimum absolute atomic E-state index is 0.136. The van der Waals surface area contributed by atoms with E-state index in [1.807, 2.05) is 0 Å². The third-order valence-electron chi connectivity index (χ3n) is 3.00. The van der Waals surface area contributed by atoms with E-state index < -0.39 is 6.61 Å². The van der Waals surface area contributed by atoms with Gasteiger partial charge in [0.2, 0.25) is 5.91 Å². The normalized spacial score (nSPS) is 15.5. The molecule has 102 valence electrons. The van der Waals surface area contributed by atoms with Crippen LogP contribution in [0.5, 0.6) is 0 Å². The van der Waals surface area contributed by atoms with Gasteiger partial charge >= 0.3 is 0 Å². The van der Waals surface area contributed by atoms with Gasteiger partial charge in [-0.15, -0.1) is 0 Å². The van der Waals surface area contributed by atoms with Gasteiger partial charge in [0.15, 0.2) is 0 Å². The Hall–Kier alpha value is -1.47. The molecule has 1 aromatic rings. The first kappa shape index (κ1) is 14.0. The summed E-state index contributed by atoms with van der Waals surface area (Å²) in [6.07, 6.45) is 1.58. The molecule has 2 amide bonds. The molecule has 1 N–H and O–H groups in total. The number of hydrogen-bond acceptors (Lipinski definition) is 4. The number of nitrogens with zero attached hydrogens (tertiary/aromatic N) is 3. The number of amides is 2. The minimum Gasteiger partial charge on any atom is -0.387 e. The molecular weight excluding hydrogens is 314 g/mol. The van der Waals surface area contributed by atoms with Crippen LogP contribution in [-0.2, 0) is 4.79 Å². The van der Waals surface area contributed by atoms with Crippen molar-refractivity contribution in [3.63, 3.8) is 0 Å². The van der Waals surface area contributed by atoms with E-state index in [4.69, 9.17) is 5.11 Å². The zero-order chi connectivity index (χ0) is 13.8. The van der Waals surface area contributed by atoms with E-state index >= 15 is 0 Å². The van der Waals surface area contributed by atoms with E-state index in [9.17, 15) is 9.59 Å². The molecule has 0 aliphatic carbocycles. The molecule has 1 saturated heterocycles. The van der Waals surface area contributed by atoms with Crippen LogP contribution in [0.3, 0.4) is 0 Å². The lowest BCUT2D eigenvalue weighted by Gasteiger charge is -2.34. The molecule has 0 radical (unpaired) electrons. The summed E-state index contributed by atoms with van der Waals surface area (Å²) >= 11 is 3.27. The van der Waals surface area contributed by atoms with Crippen LogP contribution >= 0.6 is 15.9 Å². The van der Waals surface area contributed by atoms with E-state index in [0.717, 1.165) is 4.47 Å². The van der Waals surface area contributed by atoms with Gasteiger partial charge in [0, 0.05) is 36.8 Å². The van der Waals surface area contributed by atoms with Crippen LogP contribution in [0.25, 0.3) is 0 Å². The predicted molar refractivity (Wildman–Crippen MR) is 71.5 cm³/mol. The second-order valence-electron chi connectivity index (χ2n) is 4.19. The lowest BCUT2D eigenvalue weighted by Crippen LogP contribution is -2.51. The number of carbonyl (C=O) groups excluding carboxylic acids is 2. The van der Waals surface area contributed by atoms with Crippen LogP contribution < -0.4 is 0 Å². The monoisotopic (exact) mass is 327 g/mol. The average molecular weight is 328 g/mol. The molecule has 0 aromatic carbocycles. The van der Waals surface area contributed by atoms with Crippen LogP contribution in [0.2, 0.25) is 0 Å². The van der Waals surface area contributed by atoms with Gasteiger partial charge in [-0.05, 0) is 28.1 Å². The molecule has 0 bridgehead atoms. The summed E-state index contributed by atoms with van der Waals surface area (Å²) in [5.74, 6) is -0.433. The Balaban J connectivity index is 1.96. The third kappa shape index (κ3) is 3.30. The summed E-state index contributed by atoms with van der Waals surface area (Å²) in [5, 5.41) is 8.78. The highest BCUT2D eigenvalue weighted by atomic mass is 79.9. The predicted octanol–water partition coefficient (Wildman–Crippen LogP) is 0.121. The topological polar surface area (TPSA) is 73.7 Å². The highest BCUT2D eigenvalue weighted by Gasteiger charge is 2.24. The zero-order valence-electron chi connectivity index (χ0n) is 10.3. The minimum atomic E-state index is -0.484. The van der Waals surface area contributed by atoms with Crippen LogP contribution in [0, 0.1) is 0 Å². The highest BCUT2D eigenvalue weighted by Crippen LogP contribution is 2.11. The number of carbonyl (C=O) groups is 2. The van der Waals surface area contributed by atoms with Crippen molar-refractivity contribution in [1.82, 2.24) is 14.8 Å². The summed E-state index contributed by atoms with van der Waals surface area (Å²) in [7, 11) is 0. The van der Waals surface area contributed by atoms with Crippen molar-refractivity contribution in [2.24, 2.45) is 0 Å². The number of aliphatic hydroxyl groups excluding tert-OH is 1. The molecule has 2 rings (SSSR count). The van der Waals surface area contributed by atoms with Crippen molar-refractivity contribution in [1.29, 1.82) is 0 Å². The molecule has 7 heteroatoms. The first-order valence-corrected chi connectivity index (χ1v) is 6.70. The Morgan fingerprint density at radius 2 is 1.84 bits per heavy atom. The van der Waals surface area contributed by atoms with Gasteiger partial charge in [-0.25, -0.2) is 4.98 Å². The number of piperazine rings is 1. The SMILES string of the molecule is O=C(CO)N1CCN(C(=O)c2ccc(Br)cn2)CC1. The van der Waals surface area contributed by atoms with Gasteiger partial charge in [-0.3, -0.25) is 9.59 Å². The molecule has 1 aliphatic heterocycles. The summed E-state index contributed by atoms with van der Waals surface area (Å²) in [5.41, 5.74) is 0.394. The largest absolute Gasteiger partial charge is 0.387 e. The van der Waals surface area contributed by atoms with Gasteiger partial charge in [0.25, 0.3) is 5.91 Å². The van der Waals surface area contributed by atoms with E-state index in [1.165, 1.54) is 0 Å². The molecule has 19 heavy (non-hydrogen) atoms. The lowest BCUT2D eigenvalue weighted by atomic mass is 10.2. The summed E-state index contributed by atoms with van der Waals surface area (Å²) in [6, 6.07) is 3.43. The Bertz CT molecular complexity index is 470. The number of aromatic nitrogens is 1. The first-order chi connectivity index (χ1) is 9.11. The lowest BCUT2D eigenvalue weighted by molar-refractivity contribution is -0.135. The number of rotatable bonds is 2. The summed E-state index contributed by atoms with van der Waals surface area (Å²) < 4.78 is 0.822. The number of hydrogen-bond donors (Lipinski definition) is 1. The van der Waals surface area contributed by atoms with Crippen molar-refractivity contribution in [3.8, 4) is 0 Å². The molecule has 1 fully saturated rings. The summed E-state index contributed by atoms with van der Waals surface area (Å²) in [4.78, 5) is 30.7. The van der Waals surface area contributed by atoms with Crippen molar-refractivity contribution in [2.45, 2.75) is 0 Å². The van der Waals surface area contributed by atoms with Gasteiger partial charge in [0.1, 0.15) is 12.3 Å². The van der Waals surface area contributed by atoms with Crippen molar-refractivity contribution < 1.29 is 14.7 Å². The van der Waals surface area contributed by atoms with E-state index in [0.29, 0.717) is 31.9 Å².